The lowest BCUT2D eigenvalue weighted by Crippen LogP contribution is -2.52. The fraction of sp³-hybridized carbons (Fsp3) is 0.562. The number of hydrogen-bond donors (Lipinski definition) is 2. The molecule has 1 aromatic rings. The highest BCUT2D eigenvalue weighted by atomic mass is 32.2. The van der Waals surface area contributed by atoms with Crippen LogP contribution >= 0.6 is 0 Å². The predicted octanol–water partition coefficient (Wildman–Crippen LogP) is 2.55. The van der Waals surface area contributed by atoms with E-state index in [4.69, 9.17) is 4.74 Å². The molecule has 0 bridgehead atoms. The molecular formula is C16H25FN2O4S. The van der Waals surface area contributed by atoms with Crippen molar-refractivity contribution < 1.29 is 22.3 Å². The van der Waals surface area contributed by atoms with E-state index >= 15 is 0 Å². The summed E-state index contributed by atoms with van der Waals surface area (Å²) in [6.45, 7) is 8.57. The zero-order valence-electron chi connectivity index (χ0n) is 14.6. The van der Waals surface area contributed by atoms with Crippen LogP contribution in [0.25, 0.3) is 0 Å². The topological polar surface area (TPSA) is 84.5 Å². The van der Waals surface area contributed by atoms with Crippen LogP contribution in [0.15, 0.2) is 24.3 Å². The number of sulfonamides is 1. The van der Waals surface area contributed by atoms with E-state index in [1.54, 1.807) is 34.6 Å². The molecule has 0 aliphatic heterocycles. The molecule has 0 aromatic heterocycles. The zero-order chi connectivity index (χ0) is 18.6. The van der Waals surface area contributed by atoms with E-state index in [1.807, 2.05) is 0 Å². The lowest BCUT2D eigenvalue weighted by Gasteiger charge is -2.28. The Morgan fingerprint density at radius 2 is 1.67 bits per heavy atom. The van der Waals surface area contributed by atoms with E-state index in [9.17, 15) is 17.6 Å². The molecule has 136 valence electrons. The minimum absolute atomic E-state index is 0.00420. The van der Waals surface area contributed by atoms with E-state index < -0.39 is 33.1 Å². The first-order chi connectivity index (χ1) is 10.8. The third-order valence-electron chi connectivity index (χ3n) is 2.84. The number of halogens is 1. The van der Waals surface area contributed by atoms with E-state index in [0.29, 0.717) is 5.56 Å². The number of amides is 1. The Morgan fingerprint density at radius 3 is 2.17 bits per heavy atom. The van der Waals surface area contributed by atoms with E-state index in [2.05, 4.69) is 10.0 Å². The molecule has 0 unspecified atom stereocenters. The van der Waals surface area contributed by atoms with Gasteiger partial charge in [0.2, 0.25) is 10.0 Å². The van der Waals surface area contributed by atoms with Gasteiger partial charge in [-0.15, -0.1) is 0 Å². The van der Waals surface area contributed by atoms with Crippen LogP contribution in [-0.4, -0.2) is 32.2 Å². The number of nitrogens with one attached hydrogen (secondary N) is 2. The third-order valence-corrected chi connectivity index (χ3v) is 4.14. The minimum atomic E-state index is -3.62. The lowest BCUT2D eigenvalue weighted by molar-refractivity contribution is 0.0474. The lowest BCUT2D eigenvalue weighted by atomic mass is 10.1. The van der Waals surface area contributed by atoms with Gasteiger partial charge in [-0.1, -0.05) is 12.1 Å². The van der Waals surface area contributed by atoms with Gasteiger partial charge in [-0.2, -0.15) is 0 Å². The van der Waals surface area contributed by atoms with E-state index in [0.717, 1.165) is 0 Å². The van der Waals surface area contributed by atoms with Crippen molar-refractivity contribution in [3.8, 4) is 0 Å². The largest absolute Gasteiger partial charge is 0.444 e. The Hall–Kier alpha value is -1.67. The van der Waals surface area contributed by atoms with Gasteiger partial charge in [-0.05, 0) is 52.3 Å². The first kappa shape index (κ1) is 20.4. The van der Waals surface area contributed by atoms with Gasteiger partial charge in [-0.25, -0.2) is 22.3 Å². The van der Waals surface area contributed by atoms with Crippen molar-refractivity contribution in [3.05, 3.63) is 35.6 Å². The number of hydrogen-bond acceptors (Lipinski definition) is 4. The Balaban J connectivity index is 2.58. The molecule has 0 spiro atoms. The quantitative estimate of drug-likeness (QED) is 0.816. The van der Waals surface area contributed by atoms with Gasteiger partial charge in [0, 0.05) is 6.54 Å². The fourth-order valence-electron chi connectivity index (χ4n) is 1.77. The summed E-state index contributed by atoms with van der Waals surface area (Å²) in [6, 6.07) is 5.25. The van der Waals surface area contributed by atoms with Crippen molar-refractivity contribution in [1.29, 1.82) is 0 Å². The number of benzene rings is 1. The Morgan fingerprint density at radius 1 is 1.12 bits per heavy atom. The van der Waals surface area contributed by atoms with Gasteiger partial charge in [0.1, 0.15) is 11.4 Å². The van der Waals surface area contributed by atoms with Crippen LogP contribution in [-0.2, 0) is 20.5 Å². The van der Waals surface area contributed by atoms with Crippen molar-refractivity contribution in [3.63, 3.8) is 0 Å². The highest BCUT2D eigenvalue weighted by Gasteiger charge is 2.26. The van der Waals surface area contributed by atoms with Crippen LogP contribution in [0.4, 0.5) is 9.18 Å². The summed E-state index contributed by atoms with van der Waals surface area (Å²) < 4.78 is 44.6. The summed E-state index contributed by atoms with van der Waals surface area (Å²) in [5, 5.41) is 2.62. The van der Waals surface area contributed by atoms with Crippen molar-refractivity contribution in [2.75, 3.05) is 6.54 Å². The second-order valence-corrected chi connectivity index (χ2v) is 9.02. The zero-order valence-corrected chi connectivity index (χ0v) is 15.5. The number of alkyl carbamates (subject to hydrolysis) is 1. The molecule has 0 heterocycles. The summed E-state index contributed by atoms with van der Waals surface area (Å²) in [4.78, 5) is 11.8. The highest BCUT2D eigenvalue weighted by molar-refractivity contribution is 7.88. The molecule has 2 N–H and O–H groups in total. The number of rotatable bonds is 6. The average molecular weight is 360 g/mol. The van der Waals surface area contributed by atoms with Crippen LogP contribution in [0.1, 0.15) is 40.2 Å². The van der Waals surface area contributed by atoms with Crippen LogP contribution in [0.5, 0.6) is 0 Å². The van der Waals surface area contributed by atoms with Crippen LogP contribution < -0.4 is 10.0 Å². The van der Waals surface area contributed by atoms with E-state index in [1.165, 1.54) is 24.3 Å². The number of ether oxygens (including phenoxy) is 1. The molecule has 0 atom stereocenters. The molecule has 0 fully saturated rings. The fourth-order valence-corrected chi connectivity index (χ4v) is 3.08. The van der Waals surface area contributed by atoms with Gasteiger partial charge in [0.15, 0.2) is 0 Å². The predicted molar refractivity (Wildman–Crippen MR) is 90.5 cm³/mol. The van der Waals surface area contributed by atoms with Gasteiger partial charge in [-0.3, -0.25) is 0 Å². The van der Waals surface area contributed by atoms with E-state index in [-0.39, 0.29) is 12.3 Å². The third kappa shape index (κ3) is 8.26. The summed E-state index contributed by atoms with van der Waals surface area (Å²) in [6.07, 6.45) is -0.620. The summed E-state index contributed by atoms with van der Waals surface area (Å²) in [5.74, 6) is -0.692. The Kier molecular flexibility index (Phi) is 6.35. The maximum Gasteiger partial charge on any atom is 0.408 e. The molecule has 1 aromatic carbocycles. The maximum absolute atomic E-state index is 12.8. The van der Waals surface area contributed by atoms with Crippen molar-refractivity contribution >= 4 is 16.1 Å². The SMILES string of the molecule is CC(C)(CNS(=O)(=O)Cc1ccc(F)cc1)NC(=O)OC(C)(C)C. The molecule has 24 heavy (non-hydrogen) atoms. The monoisotopic (exact) mass is 360 g/mol. The Labute approximate surface area is 142 Å². The van der Waals surface area contributed by atoms with Crippen molar-refractivity contribution in [2.45, 2.75) is 51.5 Å². The molecule has 1 amide bonds. The molecule has 0 aliphatic carbocycles. The van der Waals surface area contributed by atoms with Gasteiger partial charge >= 0.3 is 6.09 Å². The van der Waals surface area contributed by atoms with Crippen LogP contribution in [0.2, 0.25) is 0 Å². The van der Waals surface area contributed by atoms with Crippen molar-refractivity contribution in [1.82, 2.24) is 10.0 Å². The first-order valence-corrected chi connectivity index (χ1v) is 9.16. The van der Waals surface area contributed by atoms with Gasteiger partial charge in [0.25, 0.3) is 0 Å². The molecule has 0 saturated carbocycles. The molecular weight excluding hydrogens is 335 g/mol. The molecule has 0 aliphatic rings. The summed E-state index contributed by atoms with van der Waals surface area (Å²) in [5.41, 5.74) is -0.998. The number of carbonyl (C=O) groups excluding carboxylic acids is 1. The second kappa shape index (κ2) is 7.48. The minimum Gasteiger partial charge on any atom is -0.444 e. The van der Waals surface area contributed by atoms with Gasteiger partial charge in [0.05, 0.1) is 11.3 Å². The van der Waals surface area contributed by atoms with Crippen LogP contribution in [0, 0.1) is 5.82 Å². The Bertz CT molecular complexity index is 664. The average Bonchev–Trinajstić information content (AvgIpc) is 2.36. The number of carbonyl (C=O) groups is 1. The smallest absolute Gasteiger partial charge is 0.408 e. The van der Waals surface area contributed by atoms with Gasteiger partial charge < -0.3 is 10.1 Å². The summed E-state index contributed by atoms with van der Waals surface area (Å²) in [7, 11) is -3.62. The summed E-state index contributed by atoms with van der Waals surface area (Å²) >= 11 is 0. The molecule has 1 rings (SSSR count). The normalized spacial score (nSPS) is 12.8. The maximum atomic E-state index is 12.8. The first-order valence-electron chi connectivity index (χ1n) is 7.51. The highest BCUT2D eigenvalue weighted by Crippen LogP contribution is 2.10. The molecule has 0 radical (unpaired) electrons. The second-order valence-electron chi connectivity index (χ2n) is 7.22. The standard InChI is InChI=1S/C16H25FN2O4S/c1-15(2,3)23-14(20)19-16(4,5)11-18-24(21,22)10-12-6-8-13(17)9-7-12/h6-9,18H,10-11H2,1-5H3,(H,19,20). The molecule has 8 heteroatoms. The molecule has 6 nitrogen and oxygen atoms in total. The van der Waals surface area contributed by atoms with Crippen LogP contribution in [0.3, 0.4) is 0 Å². The van der Waals surface area contributed by atoms with Crippen molar-refractivity contribution in [2.24, 2.45) is 0 Å². The molecule has 0 saturated heterocycles.